The summed E-state index contributed by atoms with van der Waals surface area (Å²) < 4.78 is 19.4. The summed E-state index contributed by atoms with van der Waals surface area (Å²) in [7, 11) is 0. The van der Waals surface area contributed by atoms with E-state index in [0.717, 1.165) is 34.2 Å². The second-order valence-electron chi connectivity index (χ2n) is 11.8. The number of aromatic hydroxyl groups is 1. The summed E-state index contributed by atoms with van der Waals surface area (Å²) in [6, 6.07) is 34.8. The first-order chi connectivity index (χ1) is 20.7. The molecule has 0 aromatic heterocycles. The van der Waals surface area contributed by atoms with Crippen LogP contribution in [0.4, 0.5) is 0 Å². The largest absolute Gasteiger partial charge is 0.508 e. The predicted octanol–water partition coefficient (Wildman–Crippen LogP) is 9.52. The molecule has 4 aromatic rings. The molecule has 0 aliphatic carbocycles. The molecular formula is C39H48O4. The second kappa shape index (κ2) is 15.9. The lowest BCUT2D eigenvalue weighted by Crippen LogP contribution is -2.21. The van der Waals surface area contributed by atoms with Crippen LogP contribution in [0.15, 0.2) is 103 Å². The van der Waals surface area contributed by atoms with Gasteiger partial charge >= 0.3 is 0 Å². The maximum Gasteiger partial charge on any atom is 0.119 e. The van der Waals surface area contributed by atoms with Crippen molar-refractivity contribution in [1.29, 1.82) is 0 Å². The molecule has 0 aliphatic rings. The highest BCUT2D eigenvalue weighted by molar-refractivity contribution is 5.46. The van der Waals surface area contributed by atoms with Crippen LogP contribution in [-0.4, -0.2) is 23.4 Å². The molecule has 1 N–H and O–H groups in total. The van der Waals surface area contributed by atoms with Crippen molar-refractivity contribution < 1.29 is 19.3 Å². The van der Waals surface area contributed by atoms with Crippen LogP contribution in [0.3, 0.4) is 0 Å². The third-order valence-corrected chi connectivity index (χ3v) is 8.11. The van der Waals surface area contributed by atoms with Gasteiger partial charge in [-0.2, -0.15) is 0 Å². The van der Waals surface area contributed by atoms with Crippen molar-refractivity contribution in [2.24, 2.45) is 0 Å². The SMILES string of the molecule is CC(Cc1ccc(O)c(CC(C)OC(C)c2ccccc2)c1CC(C)OC(C)c1ccccc1)OC(C)c1ccccc1. The smallest absolute Gasteiger partial charge is 0.119 e. The molecule has 0 bridgehead atoms. The van der Waals surface area contributed by atoms with E-state index in [1.54, 1.807) is 0 Å². The van der Waals surface area contributed by atoms with E-state index >= 15 is 0 Å². The fraction of sp³-hybridized carbons (Fsp3) is 0.385. The third-order valence-electron chi connectivity index (χ3n) is 8.11. The van der Waals surface area contributed by atoms with Crippen LogP contribution in [0.1, 0.15) is 93.2 Å². The topological polar surface area (TPSA) is 47.9 Å². The van der Waals surface area contributed by atoms with Crippen LogP contribution >= 0.6 is 0 Å². The lowest BCUT2D eigenvalue weighted by Gasteiger charge is -2.26. The molecule has 0 aliphatic heterocycles. The number of hydrogen-bond acceptors (Lipinski definition) is 4. The molecule has 0 saturated heterocycles. The molecule has 0 radical (unpaired) electrons. The predicted molar refractivity (Wildman–Crippen MR) is 175 cm³/mol. The monoisotopic (exact) mass is 580 g/mol. The van der Waals surface area contributed by atoms with Gasteiger partial charge in [0.25, 0.3) is 0 Å². The molecule has 0 heterocycles. The number of ether oxygens (including phenoxy) is 3. The number of hydrogen-bond donors (Lipinski definition) is 1. The summed E-state index contributed by atoms with van der Waals surface area (Å²) in [6.07, 6.45) is 1.73. The fourth-order valence-electron chi connectivity index (χ4n) is 5.88. The summed E-state index contributed by atoms with van der Waals surface area (Å²) in [5.74, 6) is 0.302. The van der Waals surface area contributed by atoms with Crippen LogP contribution in [0.2, 0.25) is 0 Å². The van der Waals surface area contributed by atoms with Crippen LogP contribution < -0.4 is 0 Å². The highest BCUT2D eigenvalue weighted by atomic mass is 16.5. The molecule has 43 heavy (non-hydrogen) atoms. The Labute approximate surface area is 258 Å². The molecule has 0 amide bonds. The van der Waals surface area contributed by atoms with Gasteiger partial charge in [0, 0.05) is 6.42 Å². The Morgan fingerprint density at radius 3 is 1.19 bits per heavy atom. The van der Waals surface area contributed by atoms with Crippen LogP contribution in [-0.2, 0) is 33.5 Å². The average molecular weight is 581 g/mol. The Kier molecular flexibility index (Phi) is 12.0. The van der Waals surface area contributed by atoms with Crippen molar-refractivity contribution >= 4 is 0 Å². The molecule has 6 unspecified atom stereocenters. The minimum atomic E-state index is -0.0960. The summed E-state index contributed by atoms with van der Waals surface area (Å²) in [5, 5.41) is 11.2. The zero-order valence-corrected chi connectivity index (χ0v) is 26.6. The van der Waals surface area contributed by atoms with E-state index < -0.39 is 0 Å². The zero-order chi connectivity index (χ0) is 30.8. The van der Waals surface area contributed by atoms with Crippen molar-refractivity contribution in [3.8, 4) is 5.75 Å². The highest BCUT2D eigenvalue weighted by Crippen LogP contribution is 2.32. The minimum Gasteiger partial charge on any atom is -0.508 e. The molecule has 0 spiro atoms. The van der Waals surface area contributed by atoms with Crippen LogP contribution in [0, 0.1) is 0 Å². The van der Waals surface area contributed by atoms with Gasteiger partial charge in [-0.25, -0.2) is 0 Å². The first-order valence-corrected chi connectivity index (χ1v) is 15.6. The van der Waals surface area contributed by atoms with E-state index in [4.69, 9.17) is 14.2 Å². The third kappa shape index (κ3) is 9.53. The lowest BCUT2D eigenvalue weighted by atomic mass is 9.89. The second-order valence-corrected chi connectivity index (χ2v) is 11.8. The molecule has 0 saturated carbocycles. The molecule has 4 heteroatoms. The van der Waals surface area contributed by atoms with Gasteiger partial charge in [0.05, 0.1) is 36.6 Å². The van der Waals surface area contributed by atoms with E-state index in [1.165, 1.54) is 5.56 Å². The Morgan fingerprint density at radius 1 is 0.442 bits per heavy atom. The molecule has 4 rings (SSSR count). The lowest BCUT2D eigenvalue weighted by molar-refractivity contribution is 0.00275. The standard InChI is InChI=1S/C39H48O4/c1-27(41-30(4)33-16-10-7-11-17-33)24-36-22-23-39(40)38(26-29(3)43-32(6)35-20-14-9-15-21-35)37(36)25-28(2)42-31(5)34-18-12-8-13-19-34/h7-23,27-32,40H,24-26H2,1-6H3. The van der Waals surface area contributed by atoms with Gasteiger partial charge in [-0.15, -0.1) is 0 Å². The molecule has 4 nitrogen and oxygen atoms in total. The Morgan fingerprint density at radius 2 is 0.791 bits per heavy atom. The molecule has 6 atom stereocenters. The number of phenolic OH excluding ortho intramolecular Hbond substituents is 1. The normalized spacial score (nSPS) is 15.8. The van der Waals surface area contributed by atoms with Crippen molar-refractivity contribution in [3.05, 3.63) is 137 Å². The first-order valence-electron chi connectivity index (χ1n) is 15.6. The molecular weight excluding hydrogens is 532 g/mol. The van der Waals surface area contributed by atoms with Crippen LogP contribution in [0.5, 0.6) is 5.75 Å². The van der Waals surface area contributed by atoms with Crippen molar-refractivity contribution in [2.75, 3.05) is 0 Å². The first kappa shape index (κ1) is 32.5. The number of benzene rings is 4. The van der Waals surface area contributed by atoms with Crippen molar-refractivity contribution in [2.45, 2.75) is 97.4 Å². The fourth-order valence-corrected chi connectivity index (χ4v) is 5.88. The van der Waals surface area contributed by atoms with E-state index in [1.807, 2.05) is 66.7 Å². The van der Waals surface area contributed by atoms with E-state index in [-0.39, 0.29) is 36.6 Å². The van der Waals surface area contributed by atoms with Gasteiger partial charge in [-0.05, 0) is 93.8 Å². The van der Waals surface area contributed by atoms with Gasteiger partial charge in [0.1, 0.15) is 5.75 Å². The maximum absolute atomic E-state index is 11.2. The Hall–Kier alpha value is -3.44. The van der Waals surface area contributed by atoms with Gasteiger partial charge in [0.15, 0.2) is 0 Å². The molecule has 228 valence electrons. The number of rotatable bonds is 15. The quantitative estimate of drug-likeness (QED) is 0.152. The zero-order valence-electron chi connectivity index (χ0n) is 26.6. The maximum atomic E-state index is 11.2. The molecule has 4 aromatic carbocycles. The molecule has 0 fully saturated rings. The summed E-state index contributed by atoms with van der Waals surface area (Å²) >= 11 is 0. The van der Waals surface area contributed by atoms with Gasteiger partial charge < -0.3 is 19.3 Å². The van der Waals surface area contributed by atoms with Crippen LogP contribution in [0.25, 0.3) is 0 Å². The van der Waals surface area contributed by atoms with E-state index in [0.29, 0.717) is 18.6 Å². The van der Waals surface area contributed by atoms with Crippen molar-refractivity contribution in [1.82, 2.24) is 0 Å². The Balaban J connectivity index is 1.55. The van der Waals surface area contributed by atoms with E-state index in [2.05, 4.69) is 77.9 Å². The number of phenols is 1. The van der Waals surface area contributed by atoms with Gasteiger partial charge in [0.2, 0.25) is 0 Å². The van der Waals surface area contributed by atoms with Gasteiger partial charge in [-0.1, -0.05) is 97.1 Å². The highest BCUT2D eigenvalue weighted by Gasteiger charge is 2.23. The van der Waals surface area contributed by atoms with Crippen molar-refractivity contribution in [3.63, 3.8) is 0 Å². The summed E-state index contributed by atoms with van der Waals surface area (Å²) in [6.45, 7) is 12.6. The Bertz CT molecular complexity index is 1370. The summed E-state index contributed by atoms with van der Waals surface area (Å²) in [4.78, 5) is 0. The minimum absolute atomic E-state index is 0.0156. The summed E-state index contributed by atoms with van der Waals surface area (Å²) in [5.41, 5.74) is 6.68. The van der Waals surface area contributed by atoms with E-state index in [9.17, 15) is 5.11 Å². The van der Waals surface area contributed by atoms with Gasteiger partial charge in [-0.3, -0.25) is 0 Å². The average Bonchev–Trinajstić information content (AvgIpc) is 3.01.